The van der Waals surface area contributed by atoms with Crippen LogP contribution in [0.5, 0.6) is 0 Å². The summed E-state index contributed by atoms with van der Waals surface area (Å²) in [6.07, 6.45) is 6.48. The lowest BCUT2D eigenvalue weighted by atomic mass is 10.1. The molecule has 0 unspecified atom stereocenters. The van der Waals surface area contributed by atoms with Gasteiger partial charge in [-0.05, 0) is 19.9 Å². The highest BCUT2D eigenvalue weighted by molar-refractivity contribution is 5.60. The molecule has 0 aromatic carbocycles. The Morgan fingerprint density at radius 2 is 2.38 bits per heavy atom. The molecule has 16 heavy (non-hydrogen) atoms. The Bertz CT molecular complexity index is 370. The Balaban J connectivity index is 2.03. The molecule has 2 rings (SSSR count). The van der Waals surface area contributed by atoms with Crippen molar-refractivity contribution in [2.75, 3.05) is 20.1 Å². The first-order valence-electron chi connectivity index (χ1n) is 6.00. The largest absolute Gasteiger partial charge is 0.334 e. The number of likely N-dealkylation sites (N-methyl/N-ethyl adjacent to an activating group) is 1. The Labute approximate surface area is 96.3 Å². The number of unbranched alkanes of at least 4 members (excludes halogenated alkanes) is 1. The standard InChI is InChI=1S/C12H19N3O/c1-3-4-7-11-13-12(16-14-11)10-6-5-8-15(2)9-10/h6H,3-5,7-9H2,1-2H3. The van der Waals surface area contributed by atoms with Crippen LogP contribution >= 0.6 is 0 Å². The van der Waals surface area contributed by atoms with Crippen molar-refractivity contribution in [1.29, 1.82) is 0 Å². The molecular formula is C12H19N3O. The van der Waals surface area contributed by atoms with Crippen LogP contribution in [-0.4, -0.2) is 35.2 Å². The molecule has 0 bridgehead atoms. The third-order valence-electron chi connectivity index (χ3n) is 2.84. The molecule has 4 nitrogen and oxygen atoms in total. The molecule has 0 saturated heterocycles. The second-order valence-electron chi connectivity index (χ2n) is 4.38. The van der Waals surface area contributed by atoms with E-state index >= 15 is 0 Å². The number of aryl methyl sites for hydroxylation is 1. The summed E-state index contributed by atoms with van der Waals surface area (Å²) >= 11 is 0. The highest BCUT2D eigenvalue weighted by Gasteiger charge is 2.15. The van der Waals surface area contributed by atoms with Gasteiger partial charge in [-0.2, -0.15) is 4.98 Å². The summed E-state index contributed by atoms with van der Waals surface area (Å²) in [5.41, 5.74) is 1.17. The Kier molecular flexibility index (Phi) is 3.72. The highest BCUT2D eigenvalue weighted by Crippen LogP contribution is 2.18. The normalized spacial score (nSPS) is 17.5. The predicted octanol–water partition coefficient (Wildman–Crippen LogP) is 2.13. The maximum absolute atomic E-state index is 5.29. The van der Waals surface area contributed by atoms with Gasteiger partial charge in [0.25, 0.3) is 5.89 Å². The quantitative estimate of drug-likeness (QED) is 0.781. The van der Waals surface area contributed by atoms with Gasteiger partial charge in [-0.25, -0.2) is 0 Å². The fourth-order valence-electron chi connectivity index (χ4n) is 1.87. The minimum absolute atomic E-state index is 0.706. The number of hydrogen-bond donors (Lipinski definition) is 0. The molecular weight excluding hydrogens is 202 g/mol. The van der Waals surface area contributed by atoms with Gasteiger partial charge in [0.15, 0.2) is 5.82 Å². The minimum Gasteiger partial charge on any atom is -0.334 e. The maximum Gasteiger partial charge on any atom is 0.254 e. The molecule has 1 aromatic heterocycles. The van der Waals surface area contributed by atoms with Gasteiger partial charge < -0.3 is 9.42 Å². The Morgan fingerprint density at radius 1 is 1.50 bits per heavy atom. The zero-order valence-electron chi connectivity index (χ0n) is 10.1. The maximum atomic E-state index is 5.29. The van der Waals surface area contributed by atoms with Crippen LogP contribution < -0.4 is 0 Å². The fourth-order valence-corrected chi connectivity index (χ4v) is 1.87. The van der Waals surface area contributed by atoms with Crippen LogP contribution in [0.4, 0.5) is 0 Å². The lowest BCUT2D eigenvalue weighted by Gasteiger charge is -2.20. The first-order chi connectivity index (χ1) is 7.79. The van der Waals surface area contributed by atoms with Gasteiger partial charge in [0.1, 0.15) is 0 Å². The molecule has 0 spiro atoms. The summed E-state index contributed by atoms with van der Waals surface area (Å²) < 4.78 is 5.29. The molecule has 1 aliphatic rings. The van der Waals surface area contributed by atoms with Crippen LogP contribution in [-0.2, 0) is 6.42 Å². The summed E-state index contributed by atoms with van der Waals surface area (Å²) in [6, 6.07) is 0. The summed E-state index contributed by atoms with van der Waals surface area (Å²) in [5, 5.41) is 4.01. The van der Waals surface area contributed by atoms with Crippen LogP contribution in [0.25, 0.3) is 5.57 Å². The van der Waals surface area contributed by atoms with Gasteiger partial charge in [0, 0.05) is 25.1 Å². The van der Waals surface area contributed by atoms with E-state index in [2.05, 4.69) is 35.1 Å². The van der Waals surface area contributed by atoms with E-state index in [9.17, 15) is 0 Å². The summed E-state index contributed by atoms with van der Waals surface area (Å²) in [5.74, 6) is 1.55. The fraction of sp³-hybridized carbons (Fsp3) is 0.667. The van der Waals surface area contributed by atoms with E-state index < -0.39 is 0 Å². The van der Waals surface area contributed by atoms with E-state index in [-0.39, 0.29) is 0 Å². The number of rotatable bonds is 4. The summed E-state index contributed by atoms with van der Waals surface area (Å²) in [6.45, 7) is 4.19. The molecule has 0 radical (unpaired) electrons. The third kappa shape index (κ3) is 2.70. The molecule has 1 aromatic rings. The molecule has 2 heterocycles. The number of nitrogens with zero attached hydrogens (tertiary/aromatic N) is 3. The average molecular weight is 221 g/mol. The van der Waals surface area contributed by atoms with E-state index in [1.165, 1.54) is 5.57 Å². The van der Waals surface area contributed by atoms with Gasteiger partial charge in [-0.15, -0.1) is 0 Å². The minimum atomic E-state index is 0.706. The van der Waals surface area contributed by atoms with Crippen molar-refractivity contribution >= 4 is 5.57 Å². The van der Waals surface area contributed by atoms with Crippen molar-refractivity contribution < 1.29 is 4.52 Å². The topological polar surface area (TPSA) is 42.2 Å². The molecule has 0 saturated carbocycles. The van der Waals surface area contributed by atoms with Crippen LogP contribution in [0.1, 0.15) is 37.9 Å². The monoisotopic (exact) mass is 221 g/mol. The van der Waals surface area contributed by atoms with E-state index in [4.69, 9.17) is 4.52 Å². The van der Waals surface area contributed by atoms with Gasteiger partial charge in [-0.1, -0.05) is 24.6 Å². The van der Waals surface area contributed by atoms with Crippen molar-refractivity contribution in [3.05, 3.63) is 17.8 Å². The average Bonchev–Trinajstić information content (AvgIpc) is 2.75. The summed E-state index contributed by atoms with van der Waals surface area (Å²) in [7, 11) is 2.11. The molecule has 88 valence electrons. The van der Waals surface area contributed by atoms with Crippen LogP contribution in [0.3, 0.4) is 0 Å². The molecule has 4 heteroatoms. The van der Waals surface area contributed by atoms with Crippen LogP contribution in [0.15, 0.2) is 10.6 Å². The molecule has 1 aliphatic heterocycles. The first kappa shape index (κ1) is 11.3. The van der Waals surface area contributed by atoms with Crippen molar-refractivity contribution in [2.45, 2.75) is 32.6 Å². The first-order valence-corrected chi connectivity index (χ1v) is 6.00. The zero-order chi connectivity index (χ0) is 11.4. The van der Waals surface area contributed by atoms with Gasteiger partial charge in [-0.3, -0.25) is 0 Å². The molecule has 0 aliphatic carbocycles. The zero-order valence-corrected chi connectivity index (χ0v) is 10.1. The van der Waals surface area contributed by atoms with Crippen molar-refractivity contribution in [3.8, 4) is 0 Å². The van der Waals surface area contributed by atoms with E-state index in [1.54, 1.807) is 0 Å². The number of hydrogen-bond acceptors (Lipinski definition) is 4. The van der Waals surface area contributed by atoms with Crippen LogP contribution in [0, 0.1) is 0 Å². The SMILES string of the molecule is CCCCc1noc(C2=CCCN(C)C2)n1. The second-order valence-corrected chi connectivity index (χ2v) is 4.38. The van der Waals surface area contributed by atoms with Crippen molar-refractivity contribution in [1.82, 2.24) is 15.0 Å². The highest BCUT2D eigenvalue weighted by atomic mass is 16.5. The van der Waals surface area contributed by atoms with E-state index in [1.807, 2.05) is 0 Å². The van der Waals surface area contributed by atoms with E-state index in [0.29, 0.717) is 5.89 Å². The Hall–Kier alpha value is -1.16. The third-order valence-corrected chi connectivity index (χ3v) is 2.84. The van der Waals surface area contributed by atoms with Crippen molar-refractivity contribution in [2.24, 2.45) is 0 Å². The van der Waals surface area contributed by atoms with Gasteiger partial charge in [0.2, 0.25) is 0 Å². The van der Waals surface area contributed by atoms with Gasteiger partial charge in [0.05, 0.1) is 0 Å². The van der Waals surface area contributed by atoms with E-state index in [0.717, 1.165) is 44.6 Å². The molecule has 0 amide bonds. The Morgan fingerprint density at radius 3 is 3.12 bits per heavy atom. The van der Waals surface area contributed by atoms with Crippen LogP contribution in [0.2, 0.25) is 0 Å². The molecule has 0 fully saturated rings. The molecule has 0 N–H and O–H groups in total. The smallest absolute Gasteiger partial charge is 0.254 e. The van der Waals surface area contributed by atoms with Gasteiger partial charge >= 0.3 is 0 Å². The number of aromatic nitrogens is 2. The second kappa shape index (κ2) is 5.25. The van der Waals surface area contributed by atoms with Crippen molar-refractivity contribution in [3.63, 3.8) is 0 Å². The lowest BCUT2D eigenvalue weighted by Crippen LogP contribution is -2.25. The lowest BCUT2D eigenvalue weighted by molar-refractivity contribution is 0.356. The predicted molar refractivity (Wildman–Crippen MR) is 63.0 cm³/mol. The molecule has 0 atom stereocenters. The summed E-state index contributed by atoms with van der Waals surface area (Å²) in [4.78, 5) is 6.70.